The van der Waals surface area contributed by atoms with E-state index < -0.39 is 0 Å². The van der Waals surface area contributed by atoms with E-state index in [0.717, 1.165) is 26.1 Å². The van der Waals surface area contributed by atoms with Gasteiger partial charge in [0.15, 0.2) is 0 Å². The SMILES string of the molecule is O=c1[nH]c2ccccc2c(=O)n1C[C@H]([C@H]1CCOC1)N1CCOCC1. The molecule has 25 heavy (non-hydrogen) atoms. The lowest BCUT2D eigenvalue weighted by atomic mass is 9.96. The fourth-order valence-corrected chi connectivity index (χ4v) is 3.88. The third kappa shape index (κ3) is 3.27. The van der Waals surface area contributed by atoms with Crippen LogP contribution in [-0.4, -0.2) is 60.0 Å². The summed E-state index contributed by atoms with van der Waals surface area (Å²) in [6.07, 6.45) is 0.961. The molecule has 2 aliphatic rings. The zero-order chi connectivity index (χ0) is 17.2. The molecule has 3 heterocycles. The van der Waals surface area contributed by atoms with Crippen LogP contribution in [0.5, 0.6) is 0 Å². The second kappa shape index (κ2) is 7.11. The smallest absolute Gasteiger partial charge is 0.328 e. The number of aromatic nitrogens is 2. The molecule has 2 aromatic rings. The highest BCUT2D eigenvalue weighted by Crippen LogP contribution is 2.23. The van der Waals surface area contributed by atoms with Gasteiger partial charge in [-0.3, -0.25) is 14.3 Å². The number of hydrogen-bond donors (Lipinski definition) is 1. The first kappa shape index (κ1) is 16.5. The molecule has 4 rings (SSSR count). The van der Waals surface area contributed by atoms with Crippen molar-refractivity contribution in [2.24, 2.45) is 5.92 Å². The molecular weight excluding hydrogens is 322 g/mol. The molecule has 0 bridgehead atoms. The van der Waals surface area contributed by atoms with Gasteiger partial charge in [-0.15, -0.1) is 0 Å². The van der Waals surface area contributed by atoms with E-state index in [1.54, 1.807) is 12.1 Å². The van der Waals surface area contributed by atoms with Gasteiger partial charge in [0.25, 0.3) is 5.56 Å². The van der Waals surface area contributed by atoms with Crippen molar-refractivity contribution in [1.82, 2.24) is 14.5 Å². The largest absolute Gasteiger partial charge is 0.381 e. The first-order chi connectivity index (χ1) is 12.2. The quantitative estimate of drug-likeness (QED) is 0.869. The van der Waals surface area contributed by atoms with E-state index >= 15 is 0 Å². The second-order valence-electron chi connectivity index (χ2n) is 6.73. The van der Waals surface area contributed by atoms with E-state index in [9.17, 15) is 9.59 Å². The highest BCUT2D eigenvalue weighted by Gasteiger charge is 2.32. The molecule has 2 atom stereocenters. The number of H-pyrrole nitrogens is 1. The van der Waals surface area contributed by atoms with Crippen molar-refractivity contribution in [2.75, 3.05) is 39.5 Å². The summed E-state index contributed by atoms with van der Waals surface area (Å²) in [5, 5.41) is 0.547. The van der Waals surface area contributed by atoms with Crippen LogP contribution in [0.3, 0.4) is 0 Å². The van der Waals surface area contributed by atoms with Crippen molar-refractivity contribution in [3.63, 3.8) is 0 Å². The molecule has 7 nitrogen and oxygen atoms in total. The van der Waals surface area contributed by atoms with E-state index in [1.807, 2.05) is 12.1 Å². The van der Waals surface area contributed by atoms with Crippen molar-refractivity contribution in [1.29, 1.82) is 0 Å². The number of rotatable bonds is 4. The van der Waals surface area contributed by atoms with Gasteiger partial charge < -0.3 is 14.5 Å². The highest BCUT2D eigenvalue weighted by molar-refractivity contribution is 5.76. The van der Waals surface area contributed by atoms with Crippen molar-refractivity contribution < 1.29 is 9.47 Å². The van der Waals surface area contributed by atoms with Gasteiger partial charge in [-0.25, -0.2) is 4.79 Å². The summed E-state index contributed by atoms with van der Waals surface area (Å²) in [5.74, 6) is 0.330. The topological polar surface area (TPSA) is 76.6 Å². The van der Waals surface area contributed by atoms with Crippen LogP contribution < -0.4 is 11.2 Å². The maximum absolute atomic E-state index is 12.9. The fourth-order valence-electron chi connectivity index (χ4n) is 3.88. The van der Waals surface area contributed by atoms with Gasteiger partial charge in [0.05, 0.1) is 30.7 Å². The number of ether oxygens (including phenoxy) is 2. The van der Waals surface area contributed by atoms with Crippen LogP contribution in [0.25, 0.3) is 10.9 Å². The van der Waals surface area contributed by atoms with Crippen molar-refractivity contribution in [3.05, 3.63) is 45.1 Å². The molecule has 0 spiro atoms. The average Bonchev–Trinajstić information content (AvgIpc) is 3.17. The van der Waals surface area contributed by atoms with E-state index in [-0.39, 0.29) is 17.3 Å². The van der Waals surface area contributed by atoms with E-state index in [1.165, 1.54) is 4.57 Å². The predicted octanol–water partition coefficient (Wildman–Crippen LogP) is 0.427. The predicted molar refractivity (Wildman–Crippen MR) is 93.9 cm³/mol. The fraction of sp³-hybridized carbons (Fsp3) is 0.556. The molecule has 2 fully saturated rings. The van der Waals surface area contributed by atoms with Gasteiger partial charge in [-0.2, -0.15) is 0 Å². The minimum atomic E-state index is -0.346. The summed E-state index contributed by atoms with van der Waals surface area (Å²) in [6.45, 7) is 4.83. The first-order valence-electron chi connectivity index (χ1n) is 8.85. The molecular formula is C18H23N3O4. The van der Waals surface area contributed by atoms with Crippen LogP contribution >= 0.6 is 0 Å². The number of morpholine rings is 1. The standard InChI is InChI=1S/C18H23N3O4/c22-17-14-3-1-2-4-15(14)19-18(23)21(17)11-16(13-5-8-25-12-13)20-6-9-24-10-7-20/h1-4,13,16H,5-12H2,(H,19,23)/t13-,16+/m0/s1. The Kier molecular flexibility index (Phi) is 4.70. The normalized spacial score (nSPS) is 23.1. The minimum Gasteiger partial charge on any atom is -0.381 e. The lowest BCUT2D eigenvalue weighted by Gasteiger charge is -2.37. The second-order valence-corrected chi connectivity index (χ2v) is 6.73. The van der Waals surface area contributed by atoms with Crippen molar-refractivity contribution >= 4 is 10.9 Å². The Labute approximate surface area is 145 Å². The van der Waals surface area contributed by atoms with Gasteiger partial charge in [0.2, 0.25) is 0 Å². The molecule has 134 valence electrons. The number of para-hydroxylation sites is 1. The monoisotopic (exact) mass is 345 g/mol. The molecule has 1 aromatic carbocycles. The van der Waals surface area contributed by atoms with Crippen LogP contribution in [0.2, 0.25) is 0 Å². The Morgan fingerprint density at radius 3 is 2.68 bits per heavy atom. The maximum atomic E-state index is 12.9. The highest BCUT2D eigenvalue weighted by atomic mass is 16.5. The number of benzene rings is 1. The number of aromatic amines is 1. The number of hydrogen-bond acceptors (Lipinski definition) is 5. The number of fused-ring (bicyclic) bond motifs is 1. The van der Waals surface area contributed by atoms with E-state index in [4.69, 9.17) is 9.47 Å². The summed E-state index contributed by atoms with van der Waals surface area (Å²) >= 11 is 0. The molecule has 0 amide bonds. The lowest BCUT2D eigenvalue weighted by molar-refractivity contribution is -0.00389. The Balaban J connectivity index is 1.70. The number of nitrogens with zero attached hydrogens (tertiary/aromatic N) is 2. The van der Waals surface area contributed by atoms with Crippen LogP contribution in [-0.2, 0) is 16.0 Å². The van der Waals surface area contributed by atoms with Crippen LogP contribution in [0.15, 0.2) is 33.9 Å². The summed E-state index contributed by atoms with van der Waals surface area (Å²) < 4.78 is 12.4. The molecule has 0 radical (unpaired) electrons. The van der Waals surface area contributed by atoms with Gasteiger partial charge in [-0.1, -0.05) is 12.1 Å². The van der Waals surface area contributed by atoms with E-state index in [2.05, 4.69) is 9.88 Å². The molecule has 0 aliphatic carbocycles. The zero-order valence-corrected chi connectivity index (χ0v) is 14.1. The number of nitrogens with one attached hydrogen (secondary N) is 1. The molecule has 2 aliphatic heterocycles. The van der Waals surface area contributed by atoms with Crippen LogP contribution in [0, 0.1) is 5.92 Å². The summed E-state index contributed by atoms with van der Waals surface area (Å²) in [4.78, 5) is 30.5. The molecule has 7 heteroatoms. The minimum absolute atomic E-state index is 0.103. The third-order valence-corrected chi connectivity index (χ3v) is 5.28. The maximum Gasteiger partial charge on any atom is 0.328 e. The Morgan fingerprint density at radius 2 is 1.92 bits per heavy atom. The molecule has 0 unspecified atom stereocenters. The van der Waals surface area contributed by atoms with Gasteiger partial charge in [0, 0.05) is 38.2 Å². The molecule has 1 N–H and O–H groups in total. The molecule has 1 aromatic heterocycles. The lowest BCUT2D eigenvalue weighted by Crippen LogP contribution is -2.52. The third-order valence-electron chi connectivity index (χ3n) is 5.28. The Bertz CT molecular complexity index is 847. The summed E-state index contributed by atoms with van der Waals surface area (Å²) in [5.41, 5.74) is 0.0123. The van der Waals surface area contributed by atoms with Gasteiger partial charge in [-0.05, 0) is 18.6 Å². The van der Waals surface area contributed by atoms with Crippen LogP contribution in [0.4, 0.5) is 0 Å². The molecule has 2 saturated heterocycles. The van der Waals surface area contributed by atoms with Crippen molar-refractivity contribution in [3.8, 4) is 0 Å². The van der Waals surface area contributed by atoms with Gasteiger partial charge >= 0.3 is 5.69 Å². The molecule has 0 saturated carbocycles. The summed E-state index contributed by atoms with van der Waals surface area (Å²) in [7, 11) is 0. The first-order valence-corrected chi connectivity index (χ1v) is 8.85. The zero-order valence-electron chi connectivity index (χ0n) is 14.1. The van der Waals surface area contributed by atoms with Gasteiger partial charge in [0.1, 0.15) is 0 Å². The van der Waals surface area contributed by atoms with Crippen LogP contribution in [0.1, 0.15) is 6.42 Å². The van der Waals surface area contributed by atoms with Crippen molar-refractivity contribution in [2.45, 2.75) is 19.0 Å². The summed E-state index contributed by atoms with van der Waals surface area (Å²) in [6, 6.07) is 7.25. The Hall–Kier alpha value is -1.96. The average molecular weight is 345 g/mol. The Morgan fingerprint density at radius 1 is 1.12 bits per heavy atom. The van der Waals surface area contributed by atoms with E-state index in [0.29, 0.717) is 43.2 Å².